The highest BCUT2D eigenvalue weighted by atomic mass is 32.2. The largest absolute Gasteiger partial charge is 0.377 e. The summed E-state index contributed by atoms with van der Waals surface area (Å²) in [5, 5.41) is 9.04. The Morgan fingerprint density at radius 2 is 2.20 bits per heavy atom. The lowest BCUT2D eigenvalue weighted by atomic mass is 10.1. The van der Waals surface area contributed by atoms with Crippen LogP contribution in [0.3, 0.4) is 0 Å². The van der Waals surface area contributed by atoms with Gasteiger partial charge in [-0.05, 0) is 25.7 Å². The minimum atomic E-state index is -0.863. The van der Waals surface area contributed by atoms with Crippen LogP contribution < -0.4 is 0 Å². The second-order valence-electron chi connectivity index (χ2n) is 4.39. The van der Waals surface area contributed by atoms with Gasteiger partial charge in [0.1, 0.15) is 0 Å². The van der Waals surface area contributed by atoms with Crippen molar-refractivity contribution in [3.05, 3.63) is 0 Å². The first kappa shape index (κ1) is 11.1. The Balaban J connectivity index is 1.87. The van der Waals surface area contributed by atoms with Crippen LogP contribution in [0.1, 0.15) is 32.1 Å². The number of nitriles is 1. The molecule has 0 aromatic carbocycles. The Morgan fingerprint density at radius 3 is 2.87 bits per heavy atom. The molecule has 4 atom stereocenters. The molecule has 1 heterocycles. The number of nitrogens with zero attached hydrogens (tertiary/aromatic N) is 1. The second-order valence-corrected chi connectivity index (χ2v) is 6.09. The fourth-order valence-corrected chi connectivity index (χ4v) is 4.34. The van der Waals surface area contributed by atoms with E-state index in [-0.39, 0.29) is 17.3 Å². The summed E-state index contributed by atoms with van der Waals surface area (Å²) in [5.74, 6) is 0.662. The van der Waals surface area contributed by atoms with Crippen LogP contribution in [0, 0.1) is 17.2 Å². The number of ether oxygens (including phenoxy) is 1. The van der Waals surface area contributed by atoms with Gasteiger partial charge < -0.3 is 4.74 Å². The number of rotatable bonds is 3. The molecule has 0 aromatic rings. The molecule has 1 aliphatic heterocycles. The molecule has 0 aromatic heterocycles. The lowest BCUT2D eigenvalue weighted by Gasteiger charge is -2.15. The molecule has 1 saturated carbocycles. The lowest BCUT2D eigenvalue weighted by Crippen LogP contribution is -2.26. The lowest BCUT2D eigenvalue weighted by molar-refractivity contribution is 0.128. The van der Waals surface area contributed by atoms with Crippen molar-refractivity contribution >= 4 is 10.8 Å². The summed E-state index contributed by atoms with van der Waals surface area (Å²) in [6, 6.07) is 2.29. The Kier molecular flexibility index (Phi) is 3.76. The molecule has 2 rings (SSSR count). The van der Waals surface area contributed by atoms with Gasteiger partial charge in [0, 0.05) is 17.4 Å². The molecule has 0 bridgehead atoms. The van der Waals surface area contributed by atoms with E-state index in [0.29, 0.717) is 5.75 Å². The van der Waals surface area contributed by atoms with Gasteiger partial charge in [-0.1, -0.05) is 6.42 Å². The van der Waals surface area contributed by atoms with Crippen LogP contribution in [0.5, 0.6) is 0 Å². The van der Waals surface area contributed by atoms with Gasteiger partial charge in [-0.25, -0.2) is 0 Å². The molecule has 2 fully saturated rings. The maximum absolute atomic E-state index is 12.1. The van der Waals surface area contributed by atoms with Crippen LogP contribution in [0.25, 0.3) is 0 Å². The monoisotopic (exact) mass is 227 g/mol. The van der Waals surface area contributed by atoms with E-state index >= 15 is 0 Å². The molecule has 1 saturated heterocycles. The molecule has 2 aliphatic rings. The van der Waals surface area contributed by atoms with Crippen molar-refractivity contribution in [2.75, 3.05) is 12.4 Å². The van der Waals surface area contributed by atoms with Gasteiger partial charge in [-0.3, -0.25) is 4.21 Å². The van der Waals surface area contributed by atoms with E-state index in [4.69, 9.17) is 10.00 Å². The molecule has 3 nitrogen and oxygen atoms in total. The highest BCUT2D eigenvalue weighted by molar-refractivity contribution is 7.85. The van der Waals surface area contributed by atoms with Gasteiger partial charge in [0.25, 0.3) is 0 Å². The zero-order valence-electron chi connectivity index (χ0n) is 8.85. The molecule has 15 heavy (non-hydrogen) atoms. The first-order valence-electron chi connectivity index (χ1n) is 5.69. The fourth-order valence-electron chi connectivity index (χ4n) is 2.47. The third-order valence-electron chi connectivity index (χ3n) is 3.33. The fraction of sp³-hybridized carbons (Fsp3) is 0.909. The molecule has 4 heteroatoms. The molecule has 0 radical (unpaired) electrons. The minimum Gasteiger partial charge on any atom is -0.377 e. The van der Waals surface area contributed by atoms with E-state index < -0.39 is 10.8 Å². The first-order valence-corrected chi connectivity index (χ1v) is 7.08. The Hall–Kier alpha value is -0.400. The van der Waals surface area contributed by atoms with E-state index in [1.54, 1.807) is 0 Å². The van der Waals surface area contributed by atoms with Crippen molar-refractivity contribution in [3.8, 4) is 6.07 Å². The SMILES string of the molecule is N#CC1CCCC1S(=O)CC1CCCO1. The summed E-state index contributed by atoms with van der Waals surface area (Å²) in [7, 11) is -0.863. The molecule has 84 valence electrons. The Bertz CT molecular complexity index is 281. The summed E-state index contributed by atoms with van der Waals surface area (Å²) in [4.78, 5) is 0. The van der Waals surface area contributed by atoms with Gasteiger partial charge in [-0.15, -0.1) is 0 Å². The zero-order chi connectivity index (χ0) is 10.7. The van der Waals surface area contributed by atoms with Crippen molar-refractivity contribution < 1.29 is 8.95 Å². The van der Waals surface area contributed by atoms with E-state index in [9.17, 15) is 4.21 Å². The normalized spacial score (nSPS) is 37.7. The summed E-state index contributed by atoms with van der Waals surface area (Å²) < 4.78 is 17.5. The molecule has 0 N–H and O–H groups in total. The van der Waals surface area contributed by atoms with Crippen LogP contribution >= 0.6 is 0 Å². The molecule has 0 amide bonds. The summed E-state index contributed by atoms with van der Waals surface area (Å²) in [6.07, 6.45) is 5.26. The first-order chi connectivity index (χ1) is 7.31. The predicted octanol–water partition coefficient (Wildman–Crippen LogP) is 1.61. The summed E-state index contributed by atoms with van der Waals surface area (Å²) in [5.41, 5.74) is 0. The van der Waals surface area contributed by atoms with Crippen molar-refractivity contribution in [1.82, 2.24) is 0 Å². The number of hydrogen-bond acceptors (Lipinski definition) is 3. The van der Waals surface area contributed by atoms with Crippen LogP contribution in [0.2, 0.25) is 0 Å². The Morgan fingerprint density at radius 1 is 1.33 bits per heavy atom. The van der Waals surface area contributed by atoms with Crippen LogP contribution in [0.15, 0.2) is 0 Å². The van der Waals surface area contributed by atoms with E-state index in [1.807, 2.05) is 0 Å². The third-order valence-corrected chi connectivity index (χ3v) is 5.27. The quantitative estimate of drug-likeness (QED) is 0.736. The highest BCUT2D eigenvalue weighted by Gasteiger charge is 2.33. The van der Waals surface area contributed by atoms with Crippen molar-refractivity contribution in [1.29, 1.82) is 5.26 Å². The highest BCUT2D eigenvalue weighted by Crippen LogP contribution is 2.30. The van der Waals surface area contributed by atoms with Crippen LogP contribution in [-0.4, -0.2) is 27.9 Å². The minimum absolute atomic E-state index is 0.0206. The molecular formula is C11H17NO2S. The van der Waals surface area contributed by atoms with Crippen LogP contribution in [0.4, 0.5) is 0 Å². The topological polar surface area (TPSA) is 50.1 Å². The predicted molar refractivity (Wildman–Crippen MR) is 58.7 cm³/mol. The van der Waals surface area contributed by atoms with E-state index in [0.717, 1.165) is 38.7 Å². The van der Waals surface area contributed by atoms with Gasteiger partial charge in [0.05, 0.1) is 29.1 Å². The standard InChI is InChI=1S/C11H17NO2S/c12-7-9-3-1-5-11(9)15(13)8-10-4-2-6-14-10/h9-11H,1-6,8H2. The van der Waals surface area contributed by atoms with Crippen molar-refractivity contribution in [2.45, 2.75) is 43.5 Å². The molecule has 4 unspecified atom stereocenters. The molecule has 1 aliphatic carbocycles. The van der Waals surface area contributed by atoms with Crippen molar-refractivity contribution in [2.24, 2.45) is 5.92 Å². The van der Waals surface area contributed by atoms with E-state index in [2.05, 4.69) is 6.07 Å². The van der Waals surface area contributed by atoms with Crippen LogP contribution in [-0.2, 0) is 15.5 Å². The second kappa shape index (κ2) is 5.09. The molecule has 0 spiro atoms. The van der Waals surface area contributed by atoms with Crippen molar-refractivity contribution in [3.63, 3.8) is 0 Å². The maximum Gasteiger partial charge on any atom is 0.0691 e. The van der Waals surface area contributed by atoms with Gasteiger partial charge in [-0.2, -0.15) is 5.26 Å². The van der Waals surface area contributed by atoms with Gasteiger partial charge in [0.15, 0.2) is 0 Å². The molecular weight excluding hydrogens is 210 g/mol. The number of hydrogen-bond donors (Lipinski definition) is 0. The van der Waals surface area contributed by atoms with Gasteiger partial charge in [0.2, 0.25) is 0 Å². The Labute approximate surface area is 93.3 Å². The maximum atomic E-state index is 12.1. The van der Waals surface area contributed by atoms with Gasteiger partial charge >= 0.3 is 0 Å². The average molecular weight is 227 g/mol. The summed E-state index contributed by atoms with van der Waals surface area (Å²) >= 11 is 0. The zero-order valence-corrected chi connectivity index (χ0v) is 9.67. The smallest absolute Gasteiger partial charge is 0.0691 e. The summed E-state index contributed by atoms with van der Waals surface area (Å²) in [6.45, 7) is 0.814. The average Bonchev–Trinajstić information content (AvgIpc) is 2.86. The third kappa shape index (κ3) is 2.59. The van der Waals surface area contributed by atoms with E-state index in [1.165, 1.54) is 0 Å².